The Bertz CT molecular complexity index is 485. The van der Waals surface area contributed by atoms with Gasteiger partial charge in [0.1, 0.15) is 5.69 Å². The number of aromatic carboxylic acids is 1. The minimum Gasteiger partial charge on any atom is -0.477 e. The number of carboxylic acids is 1. The summed E-state index contributed by atoms with van der Waals surface area (Å²) in [6, 6.07) is 1.20. The number of hydrogen-bond acceptors (Lipinski definition) is 3. The second-order valence-electron chi connectivity index (χ2n) is 3.25. The van der Waals surface area contributed by atoms with Crippen molar-refractivity contribution in [1.29, 1.82) is 0 Å². The molecule has 0 amide bonds. The van der Waals surface area contributed by atoms with Crippen LogP contribution >= 0.6 is 0 Å². The van der Waals surface area contributed by atoms with Crippen LogP contribution in [0.25, 0.3) is 0 Å². The summed E-state index contributed by atoms with van der Waals surface area (Å²) < 4.78 is 23.0. The van der Waals surface area contributed by atoms with Crippen LogP contribution in [0.15, 0.2) is 11.0 Å². The molecule has 2 rings (SSSR count). The first-order valence-corrected chi connectivity index (χ1v) is 5.84. The van der Waals surface area contributed by atoms with Gasteiger partial charge in [0, 0.05) is 5.69 Å². The van der Waals surface area contributed by atoms with E-state index >= 15 is 0 Å². The molecule has 0 bridgehead atoms. The van der Waals surface area contributed by atoms with Crippen LogP contribution in [0.5, 0.6) is 0 Å². The summed E-state index contributed by atoms with van der Waals surface area (Å²) in [7, 11) is -3.25. The highest BCUT2D eigenvalue weighted by molar-refractivity contribution is 7.91. The van der Waals surface area contributed by atoms with Crippen LogP contribution in [0.2, 0.25) is 0 Å². The molecule has 0 spiro atoms. The standard InChI is InChI=1S/C8H9NO4S/c10-8(11)6-4-7-5(9-6)2-1-3-14(7,12)13/h4,9H,1-3H2,(H,10,11). The van der Waals surface area contributed by atoms with Gasteiger partial charge in [-0.15, -0.1) is 0 Å². The van der Waals surface area contributed by atoms with Crippen LogP contribution in [0.1, 0.15) is 22.6 Å². The average Bonchev–Trinajstić information content (AvgIpc) is 2.48. The number of hydrogen-bond donors (Lipinski definition) is 2. The molecule has 1 aliphatic heterocycles. The van der Waals surface area contributed by atoms with E-state index in [0.717, 1.165) is 0 Å². The number of nitrogens with one attached hydrogen (secondary N) is 1. The number of H-pyrrole nitrogens is 1. The van der Waals surface area contributed by atoms with E-state index in [-0.39, 0.29) is 16.3 Å². The molecule has 0 aliphatic carbocycles. The van der Waals surface area contributed by atoms with Crippen molar-refractivity contribution in [2.24, 2.45) is 0 Å². The van der Waals surface area contributed by atoms with Gasteiger partial charge in [0.05, 0.1) is 10.6 Å². The maximum Gasteiger partial charge on any atom is 0.352 e. The van der Waals surface area contributed by atoms with Crippen molar-refractivity contribution >= 4 is 15.8 Å². The van der Waals surface area contributed by atoms with Crippen LogP contribution in [-0.2, 0) is 16.3 Å². The second-order valence-corrected chi connectivity index (χ2v) is 5.33. The third kappa shape index (κ3) is 1.31. The third-order valence-corrected chi connectivity index (χ3v) is 4.12. The summed E-state index contributed by atoms with van der Waals surface area (Å²) >= 11 is 0. The van der Waals surface area contributed by atoms with Gasteiger partial charge in [-0.05, 0) is 18.9 Å². The van der Waals surface area contributed by atoms with Crippen molar-refractivity contribution in [3.63, 3.8) is 0 Å². The molecule has 14 heavy (non-hydrogen) atoms. The Morgan fingerprint density at radius 2 is 2.21 bits per heavy atom. The number of carbonyl (C=O) groups is 1. The highest BCUT2D eigenvalue weighted by Crippen LogP contribution is 2.25. The minimum atomic E-state index is -3.25. The van der Waals surface area contributed by atoms with E-state index in [1.54, 1.807) is 0 Å². The number of carboxylic acid groups (broad SMARTS) is 1. The lowest BCUT2D eigenvalue weighted by atomic mass is 10.2. The monoisotopic (exact) mass is 215 g/mol. The van der Waals surface area contributed by atoms with Gasteiger partial charge in [-0.2, -0.15) is 0 Å². The van der Waals surface area contributed by atoms with Gasteiger partial charge in [-0.25, -0.2) is 13.2 Å². The second kappa shape index (κ2) is 2.84. The number of aryl methyl sites for hydroxylation is 1. The molecule has 2 heterocycles. The van der Waals surface area contributed by atoms with Gasteiger partial charge >= 0.3 is 5.97 Å². The van der Waals surface area contributed by atoms with Gasteiger partial charge in [-0.3, -0.25) is 0 Å². The molecule has 0 fully saturated rings. The Balaban J connectivity index is 2.60. The molecule has 5 nitrogen and oxygen atoms in total. The molecule has 6 heteroatoms. The SMILES string of the molecule is O=C(O)c1cc2c([nH]1)CCCS2(=O)=O. The van der Waals surface area contributed by atoms with Crippen molar-refractivity contribution in [3.05, 3.63) is 17.5 Å². The molecule has 0 saturated heterocycles. The molecule has 1 aromatic rings. The Labute approximate surface area is 80.7 Å². The lowest BCUT2D eigenvalue weighted by Gasteiger charge is -2.10. The Morgan fingerprint density at radius 1 is 1.50 bits per heavy atom. The molecule has 0 atom stereocenters. The number of aromatic nitrogens is 1. The summed E-state index contributed by atoms with van der Waals surface area (Å²) in [6.07, 6.45) is 1.15. The van der Waals surface area contributed by atoms with Gasteiger partial charge in [0.25, 0.3) is 0 Å². The van der Waals surface area contributed by atoms with Crippen molar-refractivity contribution in [3.8, 4) is 0 Å². The Morgan fingerprint density at radius 3 is 2.79 bits per heavy atom. The number of aromatic amines is 1. The zero-order valence-electron chi connectivity index (χ0n) is 7.28. The predicted octanol–water partition coefficient (Wildman–Crippen LogP) is 0.433. The van der Waals surface area contributed by atoms with Gasteiger partial charge < -0.3 is 10.1 Å². The fourth-order valence-corrected chi connectivity index (χ4v) is 3.18. The largest absolute Gasteiger partial charge is 0.477 e. The van der Waals surface area contributed by atoms with Gasteiger partial charge in [0.15, 0.2) is 9.84 Å². The van der Waals surface area contributed by atoms with Crippen LogP contribution in [0.4, 0.5) is 0 Å². The fraction of sp³-hybridized carbons (Fsp3) is 0.375. The van der Waals surface area contributed by atoms with Gasteiger partial charge in [0.2, 0.25) is 0 Å². The van der Waals surface area contributed by atoms with E-state index in [2.05, 4.69) is 4.98 Å². The summed E-state index contributed by atoms with van der Waals surface area (Å²) in [4.78, 5) is 13.4. The molecule has 0 saturated carbocycles. The average molecular weight is 215 g/mol. The molecule has 2 N–H and O–H groups in total. The van der Waals surface area contributed by atoms with Gasteiger partial charge in [-0.1, -0.05) is 0 Å². The van der Waals surface area contributed by atoms with Crippen LogP contribution in [0.3, 0.4) is 0 Å². The van der Waals surface area contributed by atoms with E-state index < -0.39 is 15.8 Å². The number of sulfone groups is 1. The van der Waals surface area contributed by atoms with E-state index in [1.807, 2.05) is 0 Å². The number of fused-ring (bicyclic) bond motifs is 1. The molecular weight excluding hydrogens is 206 g/mol. The molecular formula is C8H9NO4S. The maximum absolute atomic E-state index is 11.5. The molecule has 0 aromatic carbocycles. The zero-order valence-corrected chi connectivity index (χ0v) is 8.10. The summed E-state index contributed by atoms with van der Waals surface area (Å²) in [6.45, 7) is 0. The summed E-state index contributed by atoms with van der Waals surface area (Å²) in [5, 5.41) is 8.68. The molecule has 0 unspecified atom stereocenters. The van der Waals surface area contributed by atoms with E-state index in [0.29, 0.717) is 18.5 Å². The highest BCUT2D eigenvalue weighted by atomic mass is 32.2. The van der Waals surface area contributed by atoms with E-state index in [9.17, 15) is 13.2 Å². The molecule has 76 valence electrons. The van der Waals surface area contributed by atoms with Crippen molar-refractivity contribution in [1.82, 2.24) is 4.98 Å². The fourth-order valence-electron chi connectivity index (χ4n) is 1.61. The van der Waals surface area contributed by atoms with Crippen molar-refractivity contribution in [2.75, 3.05) is 5.75 Å². The van der Waals surface area contributed by atoms with E-state index in [4.69, 9.17) is 5.11 Å². The topological polar surface area (TPSA) is 87.2 Å². The summed E-state index contributed by atoms with van der Waals surface area (Å²) in [5.74, 6) is -1.02. The quantitative estimate of drug-likeness (QED) is 0.711. The van der Waals surface area contributed by atoms with Crippen LogP contribution in [-0.4, -0.2) is 30.2 Å². The lowest BCUT2D eigenvalue weighted by Crippen LogP contribution is -2.14. The van der Waals surface area contributed by atoms with E-state index in [1.165, 1.54) is 6.07 Å². The predicted molar refractivity (Wildman–Crippen MR) is 48.1 cm³/mol. The van der Waals surface area contributed by atoms with Crippen LogP contribution in [0, 0.1) is 0 Å². The first-order chi connectivity index (χ1) is 6.50. The normalized spacial score (nSPS) is 18.9. The number of rotatable bonds is 1. The highest BCUT2D eigenvalue weighted by Gasteiger charge is 2.27. The first kappa shape index (κ1) is 9.26. The van der Waals surface area contributed by atoms with Crippen molar-refractivity contribution in [2.45, 2.75) is 17.7 Å². The zero-order chi connectivity index (χ0) is 10.3. The van der Waals surface area contributed by atoms with Crippen LogP contribution < -0.4 is 0 Å². The van der Waals surface area contributed by atoms with Crippen molar-refractivity contribution < 1.29 is 18.3 Å². The Hall–Kier alpha value is -1.30. The smallest absolute Gasteiger partial charge is 0.352 e. The maximum atomic E-state index is 11.5. The molecule has 0 radical (unpaired) electrons. The first-order valence-electron chi connectivity index (χ1n) is 4.18. The Kier molecular flexibility index (Phi) is 1.88. The third-order valence-electron chi connectivity index (χ3n) is 2.26. The summed E-state index contributed by atoms with van der Waals surface area (Å²) in [5.41, 5.74) is 0.467. The lowest BCUT2D eigenvalue weighted by molar-refractivity contribution is 0.0691. The molecule has 1 aliphatic rings. The minimum absolute atomic E-state index is 0.0551. The molecule has 1 aromatic heterocycles.